The summed E-state index contributed by atoms with van der Waals surface area (Å²) in [6.07, 6.45) is 3.78. The lowest BCUT2D eigenvalue weighted by molar-refractivity contribution is 0.482. The fourth-order valence-electron chi connectivity index (χ4n) is 1.24. The highest BCUT2D eigenvalue weighted by Gasteiger charge is 1.97. The minimum atomic E-state index is 0.514. The highest BCUT2D eigenvalue weighted by molar-refractivity contribution is 4.77. The van der Waals surface area contributed by atoms with Crippen molar-refractivity contribution in [3.63, 3.8) is 0 Å². The minimum Gasteiger partial charge on any atom is -0.318 e. The Bertz CT molecular complexity index is 207. The fourth-order valence-corrected chi connectivity index (χ4v) is 1.24. The predicted molar refractivity (Wildman–Crippen MR) is 53.6 cm³/mol. The van der Waals surface area contributed by atoms with Crippen molar-refractivity contribution in [1.29, 1.82) is 0 Å². The molecule has 1 aromatic rings. The monoisotopic (exact) mass is 182 g/mol. The van der Waals surface area contributed by atoms with Crippen molar-refractivity contribution in [3.05, 3.63) is 18.5 Å². The second-order valence-electron chi connectivity index (χ2n) is 3.18. The molecule has 4 nitrogen and oxygen atoms in total. The summed E-state index contributed by atoms with van der Waals surface area (Å²) in [5, 5.41) is 10.6. The smallest absolute Gasteiger partial charge is 0.0534 e. The van der Waals surface area contributed by atoms with Crippen LogP contribution < -0.4 is 10.6 Å². The van der Waals surface area contributed by atoms with Gasteiger partial charge in [0.15, 0.2) is 0 Å². The molecule has 0 aliphatic heterocycles. The molecule has 1 rings (SSSR count). The molecule has 1 heterocycles. The molecule has 0 bridgehead atoms. The first-order chi connectivity index (χ1) is 6.33. The van der Waals surface area contributed by atoms with Crippen molar-refractivity contribution in [2.75, 3.05) is 20.1 Å². The zero-order chi connectivity index (χ0) is 9.52. The van der Waals surface area contributed by atoms with E-state index in [4.69, 9.17) is 0 Å². The molecule has 0 spiro atoms. The Morgan fingerprint density at radius 2 is 2.38 bits per heavy atom. The van der Waals surface area contributed by atoms with Crippen molar-refractivity contribution >= 4 is 0 Å². The molecule has 0 aliphatic rings. The zero-order valence-corrected chi connectivity index (χ0v) is 8.33. The third-order valence-electron chi connectivity index (χ3n) is 1.90. The topological polar surface area (TPSA) is 41.9 Å². The molecule has 0 saturated heterocycles. The number of hydrogen-bond donors (Lipinski definition) is 2. The van der Waals surface area contributed by atoms with Crippen LogP contribution in [0.4, 0.5) is 0 Å². The Morgan fingerprint density at radius 3 is 3.00 bits per heavy atom. The Morgan fingerprint density at radius 1 is 1.54 bits per heavy atom. The Kier molecular flexibility index (Phi) is 4.49. The number of nitrogens with one attached hydrogen (secondary N) is 2. The summed E-state index contributed by atoms with van der Waals surface area (Å²) in [7, 11) is 1.96. The van der Waals surface area contributed by atoms with Crippen LogP contribution in [-0.4, -0.2) is 36.0 Å². The quantitative estimate of drug-likeness (QED) is 0.655. The fraction of sp³-hybridized carbons (Fsp3) is 0.667. The molecule has 0 saturated carbocycles. The van der Waals surface area contributed by atoms with Gasteiger partial charge < -0.3 is 10.6 Å². The van der Waals surface area contributed by atoms with Crippen molar-refractivity contribution in [2.24, 2.45) is 0 Å². The van der Waals surface area contributed by atoms with Crippen molar-refractivity contribution in [3.8, 4) is 0 Å². The van der Waals surface area contributed by atoms with Crippen molar-refractivity contribution in [2.45, 2.75) is 19.5 Å². The van der Waals surface area contributed by atoms with Crippen LogP contribution in [0.15, 0.2) is 18.5 Å². The first kappa shape index (κ1) is 10.2. The summed E-state index contributed by atoms with van der Waals surface area (Å²) < 4.78 is 1.93. The van der Waals surface area contributed by atoms with Gasteiger partial charge in [-0.3, -0.25) is 4.68 Å². The summed E-state index contributed by atoms with van der Waals surface area (Å²) in [5.74, 6) is 0. The number of rotatable bonds is 6. The van der Waals surface area contributed by atoms with Crippen LogP contribution in [0.25, 0.3) is 0 Å². The Hall–Kier alpha value is -0.870. The van der Waals surface area contributed by atoms with E-state index in [2.05, 4.69) is 22.7 Å². The summed E-state index contributed by atoms with van der Waals surface area (Å²) in [6.45, 7) is 5.06. The van der Waals surface area contributed by atoms with Crippen LogP contribution >= 0.6 is 0 Å². The molecule has 0 aromatic carbocycles. The first-order valence-corrected chi connectivity index (χ1v) is 4.68. The average molecular weight is 182 g/mol. The molecule has 74 valence electrons. The lowest BCUT2D eigenvalue weighted by atomic mass is 10.3. The Balaban J connectivity index is 2.07. The van der Waals surface area contributed by atoms with E-state index >= 15 is 0 Å². The van der Waals surface area contributed by atoms with Gasteiger partial charge in [-0.25, -0.2) is 0 Å². The van der Waals surface area contributed by atoms with Gasteiger partial charge in [0.05, 0.1) is 6.54 Å². The van der Waals surface area contributed by atoms with Gasteiger partial charge in [0, 0.05) is 31.5 Å². The minimum absolute atomic E-state index is 0.514. The van der Waals surface area contributed by atoms with E-state index in [-0.39, 0.29) is 0 Å². The van der Waals surface area contributed by atoms with E-state index in [0.717, 1.165) is 19.6 Å². The standard InChI is InChI=1S/C9H18N4/c1-9(8-10-2)11-5-7-13-6-3-4-12-13/h3-4,6,9-11H,5,7-8H2,1-2H3. The van der Waals surface area contributed by atoms with Gasteiger partial charge in [-0.15, -0.1) is 0 Å². The van der Waals surface area contributed by atoms with Gasteiger partial charge >= 0.3 is 0 Å². The van der Waals surface area contributed by atoms with Crippen molar-refractivity contribution in [1.82, 2.24) is 20.4 Å². The van der Waals surface area contributed by atoms with E-state index in [1.807, 2.05) is 24.0 Å². The third-order valence-corrected chi connectivity index (χ3v) is 1.90. The molecule has 0 aliphatic carbocycles. The highest BCUT2D eigenvalue weighted by atomic mass is 15.3. The molecular weight excluding hydrogens is 164 g/mol. The highest BCUT2D eigenvalue weighted by Crippen LogP contribution is 1.84. The third kappa shape index (κ3) is 4.05. The molecule has 1 unspecified atom stereocenters. The maximum atomic E-state index is 4.12. The second-order valence-corrected chi connectivity index (χ2v) is 3.18. The molecule has 0 amide bonds. The lowest BCUT2D eigenvalue weighted by Crippen LogP contribution is -2.36. The molecule has 2 N–H and O–H groups in total. The van der Waals surface area contributed by atoms with E-state index in [1.165, 1.54) is 0 Å². The van der Waals surface area contributed by atoms with Crippen LogP contribution in [0.3, 0.4) is 0 Å². The zero-order valence-electron chi connectivity index (χ0n) is 8.33. The van der Waals surface area contributed by atoms with Gasteiger partial charge in [0.2, 0.25) is 0 Å². The van der Waals surface area contributed by atoms with Gasteiger partial charge in [-0.05, 0) is 20.0 Å². The van der Waals surface area contributed by atoms with Gasteiger partial charge in [0.25, 0.3) is 0 Å². The lowest BCUT2D eigenvalue weighted by Gasteiger charge is -2.12. The van der Waals surface area contributed by atoms with E-state index in [0.29, 0.717) is 6.04 Å². The molecule has 0 fully saturated rings. The molecule has 13 heavy (non-hydrogen) atoms. The van der Waals surface area contributed by atoms with Crippen LogP contribution in [0.1, 0.15) is 6.92 Å². The molecule has 4 heteroatoms. The average Bonchev–Trinajstić information content (AvgIpc) is 2.57. The summed E-state index contributed by atoms with van der Waals surface area (Å²) in [4.78, 5) is 0. The van der Waals surface area contributed by atoms with E-state index in [9.17, 15) is 0 Å². The maximum absolute atomic E-state index is 4.12. The maximum Gasteiger partial charge on any atom is 0.0534 e. The van der Waals surface area contributed by atoms with Crippen molar-refractivity contribution < 1.29 is 0 Å². The van der Waals surface area contributed by atoms with Gasteiger partial charge in [0.1, 0.15) is 0 Å². The molecular formula is C9H18N4. The normalized spacial score (nSPS) is 13.1. The largest absolute Gasteiger partial charge is 0.318 e. The molecule has 1 atom stereocenters. The SMILES string of the molecule is CNCC(C)NCCn1cccn1. The van der Waals surface area contributed by atoms with Crippen LogP contribution in [0, 0.1) is 0 Å². The molecule has 1 aromatic heterocycles. The second kappa shape index (κ2) is 5.72. The van der Waals surface area contributed by atoms with E-state index in [1.54, 1.807) is 6.20 Å². The van der Waals surface area contributed by atoms with Crippen LogP contribution in [0.2, 0.25) is 0 Å². The number of aromatic nitrogens is 2. The number of hydrogen-bond acceptors (Lipinski definition) is 3. The number of nitrogens with zero attached hydrogens (tertiary/aromatic N) is 2. The summed E-state index contributed by atoms with van der Waals surface area (Å²) >= 11 is 0. The van der Waals surface area contributed by atoms with Crippen LogP contribution in [-0.2, 0) is 6.54 Å². The molecule has 0 radical (unpaired) electrons. The van der Waals surface area contributed by atoms with Crippen LogP contribution in [0.5, 0.6) is 0 Å². The Labute approximate surface area is 79.3 Å². The van der Waals surface area contributed by atoms with E-state index < -0.39 is 0 Å². The first-order valence-electron chi connectivity index (χ1n) is 4.68. The summed E-state index contributed by atoms with van der Waals surface area (Å²) in [6, 6.07) is 2.46. The predicted octanol–water partition coefficient (Wildman–Crippen LogP) is 0.0806. The van der Waals surface area contributed by atoms with Gasteiger partial charge in [-0.2, -0.15) is 5.10 Å². The summed E-state index contributed by atoms with van der Waals surface area (Å²) in [5.41, 5.74) is 0. The number of likely N-dealkylation sites (N-methyl/N-ethyl adjacent to an activating group) is 1. The van der Waals surface area contributed by atoms with Gasteiger partial charge in [-0.1, -0.05) is 0 Å².